The lowest BCUT2D eigenvalue weighted by Gasteiger charge is -2.17. The largest absolute Gasteiger partial charge is 0.309 e. The Hall–Kier alpha value is -1.42. The molecule has 3 nitrogen and oxygen atoms in total. The van der Waals surface area contributed by atoms with Gasteiger partial charge in [-0.15, -0.1) is 0 Å². The fraction of sp³-hybridized carbons (Fsp3) is 0.571. The van der Waals surface area contributed by atoms with Crippen LogP contribution in [0.5, 0.6) is 0 Å². The molecule has 0 amide bonds. The van der Waals surface area contributed by atoms with E-state index in [0.717, 1.165) is 12.0 Å². The molecule has 0 saturated heterocycles. The van der Waals surface area contributed by atoms with Gasteiger partial charge in [0.2, 0.25) is 0 Å². The summed E-state index contributed by atoms with van der Waals surface area (Å²) in [5, 5.41) is 8.11. The van der Waals surface area contributed by atoms with E-state index in [1.54, 1.807) is 6.92 Å². The SMILES string of the molecule is CCC(=N)C(CSC(=O)C(C)c1ccc(CC(C)C)cc1)CC(C)=O. The quantitative estimate of drug-likeness (QED) is 0.577. The summed E-state index contributed by atoms with van der Waals surface area (Å²) in [5.74, 6) is 0.905. The van der Waals surface area contributed by atoms with Crippen LogP contribution in [-0.4, -0.2) is 22.4 Å². The van der Waals surface area contributed by atoms with Crippen LogP contribution in [0.15, 0.2) is 24.3 Å². The van der Waals surface area contributed by atoms with Crippen LogP contribution in [0.25, 0.3) is 0 Å². The molecule has 0 saturated carbocycles. The molecule has 4 heteroatoms. The van der Waals surface area contributed by atoms with E-state index in [1.807, 2.05) is 26.0 Å². The Morgan fingerprint density at radius 3 is 2.20 bits per heavy atom. The molecule has 138 valence electrons. The highest BCUT2D eigenvalue weighted by Gasteiger charge is 2.21. The minimum absolute atomic E-state index is 0.0741. The van der Waals surface area contributed by atoms with Gasteiger partial charge in [-0.1, -0.05) is 63.7 Å². The average Bonchev–Trinajstić information content (AvgIpc) is 2.56. The first-order chi connectivity index (χ1) is 11.7. The fourth-order valence-electron chi connectivity index (χ4n) is 2.78. The van der Waals surface area contributed by atoms with Gasteiger partial charge in [-0.05, 0) is 36.8 Å². The van der Waals surface area contributed by atoms with Gasteiger partial charge >= 0.3 is 0 Å². The second-order valence-corrected chi connectivity index (χ2v) is 8.20. The molecule has 2 unspecified atom stereocenters. The normalized spacial score (nSPS) is 13.5. The van der Waals surface area contributed by atoms with Crippen LogP contribution < -0.4 is 0 Å². The second kappa shape index (κ2) is 10.5. The first kappa shape index (κ1) is 21.6. The van der Waals surface area contributed by atoms with E-state index < -0.39 is 0 Å². The molecule has 0 aliphatic heterocycles. The van der Waals surface area contributed by atoms with Crippen molar-refractivity contribution >= 4 is 28.4 Å². The standard InChI is InChI=1S/C21H31NO2S/c1-6-20(22)19(12-15(4)23)13-25-21(24)16(5)18-9-7-17(8-10-18)11-14(2)3/h7-10,14,16,19,22H,6,11-13H2,1-5H3. The third-order valence-corrected chi connectivity index (χ3v) is 5.52. The Morgan fingerprint density at radius 1 is 1.12 bits per heavy atom. The maximum absolute atomic E-state index is 12.5. The predicted octanol–water partition coefficient (Wildman–Crippen LogP) is 5.27. The molecule has 1 aromatic carbocycles. The lowest BCUT2D eigenvalue weighted by Crippen LogP contribution is -2.20. The van der Waals surface area contributed by atoms with Gasteiger partial charge in [-0.25, -0.2) is 0 Å². The van der Waals surface area contributed by atoms with Gasteiger partial charge in [0.25, 0.3) is 0 Å². The number of nitrogens with one attached hydrogen (secondary N) is 1. The number of thioether (sulfide) groups is 1. The predicted molar refractivity (Wildman–Crippen MR) is 108 cm³/mol. The Labute approximate surface area is 156 Å². The highest BCUT2D eigenvalue weighted by molar-refractivity contribution is 8.13. The summed E-state index contributed by atoms with van der Waals surface area (Å²) in [5.41, 5.74) is 2.88. The van der Waals surface area contributed by atoms with E-state index in [1.165, 1.54) is 17.3 Å². The first-order valence-corrected chi connectivity index (χ1v) is 10.0. The summed E-state index contributed by atoms with van der Waals surface area (Å²) in [6.07, 6.45) is 2.02. The van der Waals surface area contributed by atoms with Crippen LogP contribution in [0.1, 0.15) is 64.5 Å². The molecule has 0 fully saturated rings. The first-order valence-electron chi connectivity index (χ1n) is 9.06. The zero-order chi connectivity index (χ0) is 19.0. The number of rotatable bonds is 10. The number of hydrogen-bond acceptors (Lipinski definition) is 4. The Bertz CT molecular complexity index is 592. The third-order valence-electron chi connectivity index (χ3n) is 4.31. The zero-order valence-corrected chi connectivity index (χ0v) is 16.9. The van der Waals surface area contributed by atoms with Gasteiger partial charge in [-0.3, -0.25) is 4.79 Å². The monoisotopic (exact) mass is 361 g/mol. The molecule has 0 heterocycles. The van der Waals surface area contributed by atoms with Crippen molar-refractivity contribution in [3.63, 3.8) is 0 Å². The molecule has 0 radical (unpaired) electrons. The van der Waals surface area contributed by atoms with E-state index in [9.17, 15) is 9.59 Å². The molecular weight excluding hydrogens is 330 g/mol. The lowest BCUT2D eigenvalue weighted by molar-refractivity contribution is -0.117. The van der Waals surface area contributed by atoms with Crippen molar-refractivity contribution in [2.75, 3.05) is 5.75 Å². The maximum atomic E-state index is 12.5. The number of benzene rings is 1. The molecule has 0 spiro atoms. The Morgan fingerprint density at radius 2 is 1.72 bits per heavy atom. The van der Waals surface area contributed by atoms with Gasteiger partial charge in [-0.2, -0.15) is 0 Å². The van der Waals surface area contributed by atoms with Crippen LogP contribution >= 0.6 is 11.8 Å². The summed E-state index contributed by atoms with van der Waals surface area (Å²) >= 11 is 1.26. The molecule has 0 aliphatic rings. The van der Waals surface area contributed by atoms with Gasteiger partial charge in [0.05, 0.1) is 5.92 Å². The van der Waals surface area contributed by atoms with Crippen LogP contribution in [0.4, 0.5) is 0 Å². The molecule has 0 aromatic heterocycles. The molecule has 2 atom stereocenters. The van der Waals surface area contributed by atoms with Crippen LogP contribution in [0.3, 0.4) is 0 Å². The molecule has 25 heavy (non-hydrogen) atoms. The van der Waals surface area contributed by atoms with Crippen LogP contribution in [0.2, 0.25) is 0 Å². The molecule has 0 aliphatic carbocycles. The minimum Gasteiger partial charge on any atom is -0.309 e. The third kappa shape index (κ3) is 7.55. The van der Waals surface area contributed by atoms with E-state index in [2.05, 4.69) is 26.0 Å². The van der Waals surface area contributed by atoms with Gasteiger partial charge < -0.3 is 10.2 Å². The summed E-state index contributed by atoms with van der Waals surface area (Å²) in [6.45, 7) is 9.79. The van der Waals surface area contributed by atoms with Crippen molar-refractivity contribution < 1.29 is 9.59 Å². The van der Waals surface area contributed by atoms with Crippen molar-refractivity contribution in [1.82, 2.24) is 0 Å². The highest BCUT2D eigenvalue weighted by atomic mass is 32.2. The molecule has 1 rings (SSSR count). The summed E-state index contributed by atoms with van der Waals surface area (Å²) in [6, 6.07) is 8.30. The zero-order valence-electron chi connectivity index (χ0n) is 16.1. The number of hydrogen-bond donors (Lipinski definition) is 1. The summed E-state index contributed by atoms with van der Waals surface area (Å²) in [7, 11) is 0. The smallest absolute Gasteiger partial charge is 0.196 e. The topological polar surface area (TPSA) is 58.0 Å². The number of Topliss-reactive ketones (excluding diaryl/α,β-unsaturated/α-hetero) is 1. The van der Waals surface area contributed by atoms with E-state index in [-0.39, 0.29) is 22.7 Å². The van der Waals surface area contributed by atoms with Crippen LogP contribution in [0, 0.1) is 17.2 Å². The molecular formula is C21H31NO2S. The van der Waals surface area contributed by atoms with Crippen molar-refractivity contribution in [2.24, 2.45) is 11.8 Å². The molecule has 1 N–H and O–H groups in total. The van der Waals surface area contributed by atoms with E-state index in [0.29, 0.717) is 30.2 Å². The van der Waals surface area contributed by atoms with Gasteiger partial charge in [0.1, 0.15) is 5.78 Å². The van der Waals surface area contributed by atoms with Gasteiger partial charge in [0.15, 0.2) is 5.12 Å². The molecule has 0 bridgehead atoms. The van der Waals surface area contributed by atoms with E-state index in [4.69, 9.17) is 5.41 Å². The van der Waals surface area contributed by atoms with Crippen molar-refractivity contribution in [3.05, 3.63) is 35.4 Å². The van der Waals surface area contributed by atoms with Gasteiger partial charge in [0, 0.05) is 23.8 Å². The summed E-state index contributed by atoms with van der Waals surface area (Å²) in [4.78, 5) is 23.9. The van der Waals surface area contributed by atoms with Crippen molar-refractivity contribution in [2.45, 2.75) is 59.8 Å². The average molecular weight is 362 g/mol. The summed E-state index contributed by atoms with van der Waals surface area (Å²) < 4.78 is 0. The number of carbonyl (C=O) groups is 2. The van der Waals surface area contributed by atoms with E-state index >= 15 is 0 Å². The molecule has 1 aromatic rings. The van der Waals surface area contributed by atoms with Crippen molar-refractivity contribution in [1.29, 1.82) is 5.41 Å². The maximum Gasteiger partial charge on any atom is 0.196 e. The van der Waals surface area contributed by atoms with Crippen molar-refractivity contribution in [3.8, 4) is 0 Å². The Kier molecular flexibility index (Phi) is 9.12. The highest BCUT2D eigenvalue weighted by Crippen LogP contribution is 2.26. The number of carbonyl (C=O) groups excluding carboxylic acids is 2. The Balaban J connectivity index is 2.65. The lowest BCUT2D eigenvalue weighted by atomic mass is 9.97. The minimum atomic E-state index is -0.174. The van der Waals surface area contributed by atoms with Crippen LogP contribution in [-0.2, 0) is 16.0 Å². The number of ketones is 1. The second-order valence-electron chi connectivity index (χ2n) is 7.17. The fourth-order valence-corrected chi connectivity index (χ4v) is 3.85.